The molecule has 0 unspecified atom stereocenters. The van der Waals surface area contributed by atoms with Gasteiger partial charge in [0.05, 0.1) is 7.11 Å². The third-order valence-electron chi connectivity index (χ3n) is 3.57. The largest absolute Gasteiger partial charge is 0.493 e. The van der Waals surface area contributed by atoms with Gasteiger partial charge in [-0.2, -0.15) is 8.78 Å². The number of benzene rings is 1. The lowest BCUT2D eigenvalue weighted by Gasteiger charge is -2.14. The molecular formula is C14H19F2NO3. The highest BCUT2D eigenvalue weighted by molar-refractivity contribution is 5.42. The second-order valence-electron chi connectivity index (χ2n) is 5.13. The van der Waals surface area contributed by atoms with E-state index in [9.17, 15) is 13.9 Å². The molecule has 0 amide bonds. The Morgan fingerprint density at radius 3 is 2.65 bits per heavy atom. The Labute approximate surface area is 116 Å². The summed E-state index contributed by atoms with van der Waals surface area (Å²) in [5.74, 6) is 0.313. The summed E-state index contributed by atoms with van der Waals surface area (Å²) >= 11 is 0. The number of methoxy groups -OCH3 is 1. The van der Waals surface area contributed by atoms with E-state index in [4.69, 9.17) is 4.74 Å². The number of aliphatic hydroxyl groups is 1. The van der Waals surface area contributed by atoms with Gasteiger partial charge < -0.3 is 19.9 Å². The minimum absolute atomic E-state index is 0.0280. The smallest absolute Gasteiger partial charge is 0.387 e. The van der Waals surface area contributed by atoms with Gasteiger partial charge in [0.25, 0.3) is 0 Å². The molecule has 1 aliphatic carbocycles. The lowest BCUT2D eigenvalue weighted by molar-refractivity contribution is -0.0512. The van der Waals surface area contributed by atoms with E-state index in [2.05, 4.69) is 10.1 Å². The number of halogens is 2. The summed E-state index contributed by atoms with van der Waals surface area (Å²) in [6, 6.07) is 4.86. The number of hydrogen-bond donors (Lipinski definition) is 2. The first-order valence-corrected chi connectivity index (χ1v) is 6.52. The van der Waals surface area contributed by atoms with Crippen LogP contribution in [0, 0.1) is 5.41 Å². The van der Waals surface area contributed by atoms with Crippen molar-refractivity contribution in [1.29, 1.82) is 0 Å². The predicted octanol–water partition coefficient (Wildman–Crippen LogP) is 2.16. The van der Waals surface area contributed by atoms with Gasteiger partial charge in [-0.15, -0.1) is 0 Å². The van der Waals surface area contributed by atoms with E-state index >= 15 is 0 Å². The van der Waals surface area contributed by atoms with Gasteiger partial charge in [-0.05, 0) is 30.5 Å². The Hall–Kier alpha value is -1.40. The Bertz CT molecular complexity index is 450. The molecule has 0 atom stereocenters. The molecule has 1 aromatic rings. The van der Waals surface area contributed by atoms with Crippen LogP contribution >= 0.6 is 0 Å². The molecule has 4 nitrogen and oxygen atoms in total. The SMILES string of the molecule is COc1cc(CNCC2(CO)CC2)ccc1OC(F)F. The molecule has 112 valence electrons. The van der Waals surface area contributed by atoms with E-state index in [1.54, 1.807) is 12.1 Å². The summed E-state index contributed by atoms with van der Waals surface area (Å²) in [6.07, 6.45) is 2.09. The molecule has 1 saturated carbocycles. The first-order chi connectivity index (χ1) is 9.58. The maximum atomic E-state index is 12.2. The number of hydrogen-bond acceptors (Lipinski definition) is 4. The highest BCUT2D eigenvalue weighted by atomic mass is 19.3. The minimum Gasteiger partial charge on any atom is -0.493 e. The Kier molecular flexibility index (Phi) is 4.77. The normalized spacial score (nSPS) is 16.2. The van der Waals surface area contributed by atoms with E-state index in [-0.39, 0.29) is 23.5 Å². The van der Waals surface area contributed by atoms with Gasteiger partial charge in [-0.1, -0.05) is 6.07 Å². The van der Waals surface area contributed by atoms with Crippen LogP contribution in [0.2, 0.25) is 0 Å². The first kappa shape index (κ1) is 15.0. The van der Waals surface area contributed by atoms with Crippen molar-refractivity contribution in [3.63, 3.8) is 0 Å². The lowest BCUT2D eigenvalue weighted by Crippen LogP contribution is -2.26. The van der Waals surface area contributed by atoms with E-state index in [0.717, 1.165) is 24.9 Å². The monoisotopic (exact) mass is 287 g/mol. The molecule has 0 bridgehead atoms. The zero-order valence-corrected chi connectivity index (χ0v) is 11.4. The Balaban J connectivity index is 1.91. The fourth-order valence-electron chi connectivity index (χ4n) is 2.05. The van der Waals surface area contributed by atoms with Gasteiger partial charge in [0.15, 0.2) is 11.5 Å². The highest BCUT2D eigenvalue weighted by Gasteiger charge is 2.41. The summed E-state index contributed by atoms with van der Waals surface area (Å²) in [6.45, 7) is -1.33. The Morgan fingerprint density at radius 1 is 1.35 bits per heavy atom. The van der Waals surface area contributed by atoms with Crippen molar-refractivity contribution in [1.82, 2.24) is 5.32 Å². The van der Waals surface area contributed by atoms with Crippen molar-refractivity contribution in [3.8, 4) is 11.5 Å². The van der Waals surface area contributed by atoms with E-state index in [1.807, 2.05) is 0 Å². The lowest BCUT2D eigenvalue weighted by atomic mass is 10.1. The number of nitrogens with one attached hydrogen (secondary N) is 1. The quantitative estimate of drug-likeness (QED) is 0.769. The third kappa shape index (κ3) is 3.80. The van der Waals surface area contributed by atoms with Crippen LogP contribution in [0.25, 0.3) is 0 Å². The molecule has 0 aliphatic heterocycles. The standard InChI is InChI=1S/C14H19F2NO3/c1-19-12-6-10(2-3-11(12)20-13(15)16)7-17-8-14(9-18)4-5-14/h2-3,6,13,17-18H,4-5,7-9H2,1H3. The topological polar surface area (TPSA) is 50.7 Å². The molecule has 0 heterocycles. The van der Waals surface area contributed by atoms with Crippen molar-refractivity contribution in [2.45, 2.75) is 26.0 Å². The van der Waals surface area contributed by atoms with Gasteiger partial charge in [0, 0.05) is 25.1 Å². The minimum atomic E-state index is -2.87. The summed E-state index contributed by atoms with van der Waals surface area (Å²) in [7, 11) is 1.41. The van der Waals surface area contributed by atoms with Crippen LogP contribution in [0.1, 0.15) is 18.4 Å². The van der Waals surface area contributed by atoms with Crippen molar-refractivity contribution in [2.24, 2.45) is 5.41 Å². The molecule has 2 N–H and O–H groups in total. The summed E-state index contributed by atoms with van der Waals surface area (Å²) in [5, 5.41) is 12.5. The number of rotatable bonds is 8. The molecule has 1 aromatic carbocycles. The first-order valence-electron chi connectivity index (χ1n) is 6.52. The van der Waals surface area contributed by atoms with Gasteiger partial charge in [0.2, 0.25) is 0 Å². The van der Waals surface area contributed by atoms with Crippen molar-refractivity contribution >= 4 is 0 Å². The van der Waals surface area contributed by atoms with Gasteiger partial charge in [-0.25, -0.2) is 0 Å². The third-order valence-corrected chi connectivity index (χ3v) is 3.57. The molecule has 1 aliphatic rings. The second kappa shape index (κ2) is 6.37. The van der Waals surface area contributed by atoms with E-state index < -0.39 is 6.61 Å². The maximum absolute atomic E-state index is 12.2. The van der Waals surface area contributed by atoms with E-state index in [1.165, 1.54) is 13.2 Å². The van der Waals surface area contributed by atoms with Crippen molar-refractivity contribution < 1.29 is 23.4 Å². The van der Waals surface area contributed by atoms with Gasteiger partial charge in [-0.3, -0.25) is 0 Å². The van der Waals surface area contributed by atoms with Gasteiger partial charge in [0.1, 0.15) is 0 Å². The van der Waals surface area contributed by atoms with Crippen LogP contribution in [0.5, 0.6) is 11.5 Å². The fourth-order valence-corrected chi connectivity index (χ4v) is 2.05. The van der Waals surface area contributed by atoms with Crippen LogP contribution in [0.3, 0.4) is 0 Å². The Morgan fingerprint density at radius 2 is 2.10 bits per heavy atom. The van der Waals surface area contributed by atoms with Crippen LogP contribution in [-0.4, -0.2) is 32.0 Å². The second-order valence-corrected chi connectivity index (χ2v) is 5.13. The summed E-state index contributed by atoms with van der Waals surface area (Å²) in [5.41, 5.74) is 0.959. The maximum Gasteiger partial charge on any atom is 0.387 e. The molecule has 0 radical (unpaired) electrons. The fraction of sp³-hybridized carbons (Fsp3) is 0.571. The molecule has 6 heteroatoms. The summed E-state index contributed by atoms with van der Waals surface area (Å²) in [4.78, 5) is 0. The predicted molar refractivity (Wildman–Crippen MR) is 70.1 cm³/mol. The summed E-state index contributed by atoms with van der Waals surface area (Å²) < 4.78 is 33.8. The zero-order chi connectivity index (χ0) is 14.6. The van der Waals surface area contributed by atoms with Crippen LogP contribution in [-0.2, 0) is 6.54 Å². The van der Waals surface area contributed by atoms with Crippen LogP contribution in [0.15, 0.2) is 18.2 Å². The average molecular weight is 287 g/mol. The van der Waals surface area contributed by atoms with Crippen molar-refractivity contribution in [3.05, 3.63) is 23.8 Å². The molecule has 0 aromatic heterocycles. The number of aliphatic hydroxyl groups excluding tert-OH is 1. The van der Waals surface area contributed by atoms with Gasteiger partial charge >= 0.3 is 6.61 Å². The molecule has 0 spiro atoms. The van der Waals surface area contributed by atoms with E-state index in [0.29, 0.717) is 6.54 Å². The molecule has 1 fully saturated rings. The zero-order valence-electron chi connectivity index (χ0n) is 11.4. The number of ether oxygens (including phenoxy) is 2. The molecular weight excluding hydrogens is 268 g/mol. The highest BCUT2D eigenvalue weighted by Crippen LogP contribution is 2.44. The van der Waals surface area contributed by atoms with Crippen LogP contribution < -0.4 is 14.8 Å². The molecule has 0 saturated heterocycles. The number of alkyl halides is 2. The average Bonchev–Trinajstić information content (AvgIpc) is 3.20. The molecule has 2 rings (SSSR count). The van der Waals surface area contributed by atoms with Crippen LogP contribution in [0.4, 0.5) is 8.78 Å². The molecule has 20 heavy (non-hydrogen) atoms. The van der Waals surface area contributed by atoms with Crippen molar-refractivity contribution in [2.75, 3.05) is 20.3 Å².